The molecule has 0 saturated heterocycles. The van der Waals surface area contributed by atoms with E-state index in [4.69, 9.17) is 18.9 Å². The van der Waals surface area contributed by atoms with E-state index < -0.39 is 12.2 Å². The highest BCUT2D eigenvalue weighted by molar-refractivity contribution is 6.11. The summed E-state index contributed by atoms with van der Waals surface area (Å²) in [5.41, 5.74) is 1.09. The van der Waals surface area contributed by atoms with Crippen LogP contribution in [0.1, 0.15) is 45.1 Å². The third kappa shape index (κ3) is 7.80. The second-order valence-corrected chi connectivity index (χ2v) is 9.04. The normalized spacial score (nSPS) is 13.3. The molecule has 0 heterocycles. The summed E-state index contributed by atoms with van der Waals surface area (Å²) in [6.45, 7) is 8.28. The highest BCUT2D eigenvalue weighted by Gasteiger charge is 2.18. The first-order valence-electron chi connectivity index (χ1n) is 12.8. The van der Waals surface area contributed by atoms with Crippen molar-refractivity contribution in [2.75, 3.05) is 39.6 Å². The van der Waals surface area contributed by atoms with Crippen LogP contribution < -0.4 is 9.47 Å². The maximum atomic E-state index is 10.4. The maximum absolute atomic E-state index is 10.4. The zero-order valence-corrected chi connectivity index (χ0v) is 21.3. The van der Waals surface area contributed by atoms with Crippen LogP contribution in [0.4, 0.5) is 0 Å². The Hall–Kier alpha value is -2.38. The van der Waals surface area contributed by atoms with Crippen LogP contribution in [0.2, 0.25) is 0 Å². The van der Waals surface area contributed by atoms with Gasteiger partial charge in [0.2, 0.25) is 0 Å². The topological polar surface area (TPSA) is 77.4 Å². The van der Waals surface area contributed by atoms with Crippen molar-refractivity contribution in [3.63, 3.8) is 0 Å². The molecule has 0 bridgehead atoms. The summed E-state index contributed by atoms with van der Waals surface area (Å²) >= 11 is 0. The molecule has 6 nitrogen and oxygen atoms in total. The second-order valence-electron chi connectivity index (χ2n) is 9.04. The Bertz CT molecular complexity index is 1050. The Balaban J connectivity index is 1.84. The zero-order chi connectivity index (χ0) is 25.0. The molecular weight excluding hydrogens is 444 g/mol. The predicted octanol–water partition coefficient (Wildman–Crippen LogP) is 5.41. The van der Waals surface area contributed by atoms with Crippen molar-refractivity contribution in [1.29, 1.82) is 0 Å². The Morgan fingerprint density at radius 1 is 0.657 bits per heavy atom. The molecule has 0 aliphatic carbocycles. The average Bonchev–Trinajstić information content (AvgIpc) is 2.86. The van der Waals surface area contributed by atoms with Crippen molar-refractivity contribution in [2.24, 2.45) is 0 Å². The fourth-order valence-electron chi connectivity index (χ4n) is 3.91. The molecule has 2 atom stereocenters. The van der Waals surface area contributed by atoms with Crippen molar-refractivity contribution in [3.05, 3.63) is 48.0 Å². The number of aliphatic hydroxyl groups excluding tert-OH is 2. The van der Waals surface area contributed by atoms with E-state index in [1.54, 1.807) is 0 Å². The summed E-state index contributed by atoms with van der Waals surface area (Å²) in [7, 11) is 0. The Kier molecular flexibility index (Phi) is 11.1. The smallest absolute Gasteiger partial charge is 0.135 e. The van der Waals surface area contributed by atoms with E-state index in [0.717, 1.165) is 52.8 Å². The van der Waals surface area contributed by atoms with Crippen LogP contribution >= 0.6 is 0 Å². The molecule has 0 spiro atoms. The number of unbranched alkanes of at least 4 members (excludes halogenated alkanes) is 2. The average molecular weight is 485 g/mol. The first kappa shape index (κ1) is 27.2. The molecule has 0 aliphatic heterocycles. The highest BCUT2D eigenvalue weighted by atomic mass is 16.5. The molecule has 2 N–H and O–H groups in total. The molecule has 6 heteroatoms. The van der Waals surface area contributed by atoms with E-state index in [-0.39, 0.29) is 26.4 Å². The van der Waals surface area contributed by atoms with Gasteiger partial charge in [0, 0.05) is 34.8 Å². The van der Waals surface area contributed by atoms with Crippen LogP contribution in [0.15, 0.2) is 42.5 Å². The summed E-state index contributed by atoms with van der Waals surface area (Å²) < 4.78 is 23.5. The van der Waals surface area contributed by atoms with Gasteiger partial charge in [-0.15, -0.1) is 0 Å². The summed E-state index contributed by atoms with van der Waals surface area (Å²) in [5.74, 6) is 1.42. The lowest BCUT2D eigenvalue weighted by molar-refractivity contribution is 0.0115. The molecule has 3 aromatic rings. The Morgan fingerprint density at radius 3 is 1.66 bits per heavy atom. The van der Waals surface area contributed by atoms with Crippen LogP contribution in [0.25, 0.3) is 21.5 Å². The van der Waals surface area contributed by atoms with E-state index in [9.17, 15) is 10.2 Å². The molecule has 3 rings (SSSR count). The van der Waals surface area contributed by atoms with Crippen LogP contribution in [0.5, 0.6) is 11.5 Å². The first-order valence-corrected chi connectivity index (χ1v) is 12.8. The van der Waals surface area contributed by atoms with Gasteiger partial charge in [0.05, 0.1) is 13.2 Å². The van der Waals surface area contributed by atoms with E-state index in [1.807, 2.05) is 43.3 Å². The van der Waals surface area contributed by atoms with Gasteiger partial charge in [-0.2, -0.15) is 0 Å². The first-order chi connectivity index (χ1) is 17.0. The number of fused-ring (bicyclic) bond motifs is 2. The van der Waals surface area contributed by atoms with Crippen LogP contribution in [0.3, 0.4) is 0 Å². The lowest BCUT2D eigenvalue weighted by atomic mass is 9.99. The van der Waals surface area contributed by atoms with Crippen molar-refractivity contribution < 1.29 is 29.2 Å². The minimum Gasteiger partial charge on any atom is -0.489 e. The SMILES string of the molecule is CCCCOCC(O)COc1c2ccccc2c(OCC(O)COCCCC)c2cc(C)ccc12. The van der Waals surface area contributed by atoms with Crippen LogP contribution in [-0.4, -0.2) is 62.1 Å². The van der Waals surface area contributed by atoms with Gasteiger partial charge in [0.15, 0.2) is 0 Å². The zero-order valence-electron chi connectivity index (χ0n) is 21.3. The molecule has 0 aliphatic rings. The number of aliphatic hydroxyl groups is 2. The minimum atomic E-state index is -0.718. The van der Waals surface area contributed by atoms with Gasteiger partial charge in [-0.05, 0) is 25.8 Å². The summed E-state index contributed by atoms with van der Waals surface area (Å²) in [6, 6.07) is 14.0. The number of aryl methyl sites for hydroxylation is 1. The van der Waals surface area contributed by atoms with Crippen molar-refractivity contribution in [3.8, 4) is 11.5 Å². The molecule has 192 valence electrons. The van der Waals surface area contributed by atoms with Gasteiger partial charge in [-0.3, -0.25) is 0 Å². The Morgan fingerprint density at radius 2 is 1.14 bits per heavy atom. The van der Waals surface area contributed by atoms with Crippen LogP contribution in [0, 0.1) is 6.92 Å². The molecule has 3 aromatic carbocycles. The second kappa shape index (κ2) is 14.2. The quantitative estimate of drug-likeness (QED) is 0.209. The van der Waals surface area contributed by atoms with Gasteiger partial charge in [-0.1, -0.05) is 68.7 Å². The van der Waals surface area contributed by atoms with E-state index in [1.165, 1.54) is 0 Å². The van der Waals surface area contributed by atoms with E-state index >= 15 is 0 Å². The molecule has 0 amide bonds. The van der Waals surface area contributed by atoms with E-state index in [2.05, 4.69) is 19.9 Å². The van der Waals surface area contributed by atoms with Crippen molar-refractivity contribution in [2.45, 2.75) is 58.7 Å². The molecule has 35 heavy (non-hydrogen) atoms. The van der Waals surface area contributed by atoms with Gasteiger partial charge < -0.3 is 29.2 Å². The third-order valence-corrected chi connectivity index (χ3v) is 5.83. The molecule has 0 radical (unpaired) electrons. The number of hydrogen-bond acceptors (Lipinski definition) is 6. The molecule has 0 fully saturated rings. The lowest BCUT2D eigenvalue weighted by Gasteiger charge is -2.20. The number of rotatable bonds is 16. The van der Waals surface area contributed by atoms with Crippen molar-refractivity contribution >= 4 is 21.5 Å². The molecular formula is C29H40O6. The third-order valence-electron chi connectivity index (χ3n) is 5.83. The largest absolute Gasteiger partial charge is 0.489 e. The highest BCUT2D eigenvalue weighted by Crippen LogP contribution is 2.43. The standard InChI is InChI=1S/C29H40O6/c1-4-6-14-32-17-22(30)19-34-28-24-10-8-9-11-25(24)29(27-16-21(3)12-13-26(27)28)35-20-23(31)18-33-15-7-5-2/h8-13,16,22-23,30-31H,4-7,14-15,17-20H2,1-3H3. The molecule has 0 saturated carbocycles. The Labute approximate surface area is 208 Å². The number of hydrogen-bond donors (Lipinski definition) is 2. The monoisotopic (exact) mass is 484 g/mol. The maximum Gasteiger partial charge on any atom is 0.135 e. The van der Waals surface area contributed by atoms with Gasteiger partial charge >= 0.3 is 0 Å². The van der Waals surface area contributed by atoms with Crippen LogP contribution in [-0.2, 0) is 9.47 Å². The molecule has 2 unspecified atom stereocenters. The fourth-order valence-corrected chi connectivity index (χ4v) is 3.91. The predicted molar refractivity (Wildman–Crippen MR) is 141 cm³/mol. The van der Waals surface area contributed by atoms with Gasteiger partial charge in [-0.25, -0.2) is 0 Å². The summed E-state index contributed by atoms with van der Waals surface area (Å²) in [4.78, 5) is 0. The van der Waals surface area contributed by atoms with Gasteiger partial charge in [0.25, 0.3) is 0 Å². The van der Waals surface area contributed by atoms with E-state index in [0.29, 0.717) is 24.7 Å². The van der Waals surface area contributed by atoms with Gasteiger partial charge in [0.1, 0.15) is 36.9 Å². The number of ether oxygens (including phenoxy) is 4. The fraction of sp³-hybridized carbons (Fsp3) is 0.517. The van der Waals surface area contributed by atoms with Crippen molar-refractivity contribution in [1.82, 2.24) is 0 Å². The summed E-state index contributed by atoms with van der Waals surface area (Å²) in [6.07, 6.45) is 2.63. The summed E-state index contributed by atoms with van der Waals surface area (Å²) in [5, 5.41) is 24.4. The molecule has 0 aromatic heterocycles. The lowest BCUT2D eigenvalue weighted by Crippen LogP contribution is -2.24. The minimum absolute atomic E-state index is 0.132. The number of benzene rings is 3.